The van der Waals surface area contributed by atoms with Gasteiger partial charge in [0, 0.05) is 11.8 Å². The molecule has 1 unspecified atom stereocenters. The van der Waals surface area contributed by atoms with E-state index in [1.54, 1.807) is 14.0 Å². The van der Waals surface area contributed by atoms with Crippen LogP contribution in [0.25, 0.3) is 0 Å². The van der Waals surface area contributed by atoms with Gasteiger partial charge in [0.25, 0.3) is 0 Å². The first-order valence-corrected chi connectivity index (χ1v) is 6.69. The third kappa shape index (κ3) is 5.25. The Morgan fingerprint density at radius 2 is 2.18 bits per heavy atom. The first-order chi connectivity index (χ1) is 10.5. The van der Waals surface area contributed by atoms with Crippen LogP contribution >= 0.6 is 0 Å². The maximum atomic E-state index is 7.98. The van der Waals surface area contributed by atoms with Crippen molar-refractivity contribution in [3.05, 3.63) is 42.1 Å². The number of amidine groups is 1. The van der Waals surface area contributed by atoms with E-state index in [2.05, 4.69) is 28.4 Å². The fourth-order valence-corrected chi connectivity index (χ4v) is 1.59. The van der Waals surface area contributed by atoms with Gasteiger partial charge in [0.15, 0.2) is 0 Å². The highest BCUT2D eigenvalue weighted by Gasteiger charge is 2.10. The summed E-state index contributed by atoms with van der Waals surface area (Å²) in [5.74, 6) is 6.40. The fourth-order valence-electron chi connectivity index (χ4n) is 1.59. The highest BCUT2D eigenvalue weighted by atomic mass is 16.5. The van der Waals surface area contributed by atoms with Crippen molar-refractivity contribution in [1.82, 2.24) is 0 Å². The molecule has 0 fully saturated rings. The molecule has 0 saturated heterocycles. The molecular weight excluding hydrogens is 276 g/mol. The summed E-state index contributed by atoms with van der Waals surface area (Å²) in [5, 5.41) is 7.98. The molecule has 3 N–H and O–H groups in total. The van der Waals surface area contributed by atoms with Gasteiger partial charge in [-0.3, -0.25) is 5.41 Å². The molecule has 0 aromatic heterocycles. The highest BCUT2D eigenvalue weighted by molar-refractivity contribution is 6.13. The van der Waals surface area contributed by atoms with E-state index in [0.29, 0.717) is 0 Å². The predicted octanol–water partition coefficient (Wildman–Crippen LogP) is 2.54. The second-order valence-electron chi connectivity index (χ2n) is 4.63. The average molecular weight is 296 g/mol. The third-order valence-electron chi connectivity index (χ3n) is 2.88. The molecule has 0 heterocycles. The van der Waals surface area contributed by atoms with Gasteiger partial charge in [-0.2, -0.15) is 0 Å². The molecule has 1 aromatic rings. The van der Waals surface area contributed by atoms with Gasteiger partial charge in [-0.25, -0.2) is 9.98 Å². The largest absolute Gasteiger partial charge is 0.497 e. The quantitative estimate of drug-likeness (QED) is 0.497. The van der Waals surface area contributed by atoms with Crippen molar-refractivity contribution < 1.29 is 4.74 Å². The van der Waals surface area contributed by atoms with Gasteiger partial charge >= 0.3 is 0 Å². The topological polar surface area (TPSA) is 83.8 Å². The van der Waals surface area contributed by atoms with E-state index in [4.69, 9.17) is 15.9 Å². The van der Waals surface area contributed by atoms with E-state index >= 15 is 0 Å². The van der Waals surface area contributed by atoms with Crippen molar-refractivity contribution in [3.63, 3.8) is 0 Å². The number of nitrogens with one attached hydrogen (secondary N) is 1. The standard InChI is InChI=1S/C17H20N4O/c1-5-20-11-21-17(19)13(3)16(18)7-6-14-8-12(2)9-15(10-14)22-4/h5,8-11,13,18H,1H2,2-4H3,(H2,19,20,21). The molecule has 0 spiro atoms. The van der Waals surface area contributed by atoms with Crippen LogP contribution in [0.4, 0.5) is 0 Å². The van der Waals surface area contributed by atoms with Crippen LogP contribution in [0.2, 0.25) is 0 Å². The summed E-state index contributed by atoms with van der Waals surface area (Å²) in [7, 11) is 1.61. The van der Waals surface area contributed by atoms with Crippen molar-refractivity contribution >= 4 is 17.9 Å². The average Bonchev–Trinajstić information content (AvgIpc) is 2.51. The molecule has 114 valence electrons. The van der Waals surface area contributed by atoms with E-state index in [-0.39, 0.29) is 17.5 Å². The van der Waals surface area contributed by atoms with E-state index in [1.807, 2.05) is 25.1 Å². The number of rotatable bonds is 5. The number of aliphatic imine (C=N–C) groups is 2. The van der Waals surface area contributed by atoms with Gasteiger partial charge in [-0.05, 0) is 43.5 Å². The molecule has 1 aromatic carbocycles. The second-order valence-corrected chi connectivity index (χ2v) is 4.63. The number of nitrogens with zero attached hydrogens (tertiary/aromatic N) is 2. The Kier molecular flexibility index (Phi) is 6.58. The molecule has 0 amide bonds. The minimum absolute atomic E-state index is 0.189. The minimum atomic E-state index is -0.379. The summed E-state index contributed by atoms with van der Waals surface area (Å²) in [6.07, 6.45) is 2.66. The molecule has 0 saturated carbocycles. The molecule has 22 heavy (non-hydrogen) atoms. The molecule has 0 radical (unpaired) electrons. The fraction of sp³-hybridized carbons (Fsp3) is 0.235. The Balaban J connectivity index is 2.89. The summed E-state index contributed by atoms with van der Waals surface area (Å²) in [6.45, 7) is 7.17. The van der Waals surface area contributed by atoms with Crippen LogP contribution < -0.4 is 10.5 Å². The molecule has 0 aliphatic carbocycles. The third-order valence-corrected chi connectivity index (χ3v) is 2.88. The molecule has 0 aliphatic rings. The Hall–Kier alpha value is -2.87. The van der Waals surface area contributed by atoms with E-state index in [1.165, 1.54) is 12.5 Å². The molecule has 1 atom stereocenters. The first kappa shape index (κ1) is 17.2. The molecule has 5 nitrogen and oxygen atoms in total. The molecular formula is C17H20N4O. The lowest BCUT2D eigenvalue weighted by atomic mass is 10.0. The van der Waals surface area contributed by atoms with Crippen molar-refractivity contribution in [1.29, 1.82) is 5.41 Å². The van der Waals surface area contributed by atoms with Crippen LogP contribution in [-0.4, -0.2) is 25.0 Å². The van der Waals surface area contributed by atoms with E-state index < -0.39 is 0 Å². The molecule has 1 rings (SSSR count). The van der Waals surface area contributed by atoms with Crippen molar-refractivity contribution in [2.75, 3.05) is 7.11 Å². The Morgan fingerprint density at radius 1 is 1.45 bits per heavy atom. The summed E-state index contributed by atoms with van der Waals surface area (Å²) in [5.41, 5.74) is 7.82. The monoisotopic (exact) mass is 296 g/mol. The van der Waals surface area contributed by atoms with Crippen LogP contribution in [0.1, 0.15) is 18.1 Å². The van der Waals surface area contributed by atoms with Gasteiger partial charge in [-0.1, -0.05) is 12.5 Å². The SMILES string of the molecule is C=CN=CN=C(N)C(C)C(=N)C#Cc1cc(C)cc(OC)c1. The van der Waals surface area contributed by atoms with Gasteiger partial charge in [0.05, 0.1) is 18.7 Å². The number of aryl methyl sites for hydroxylation is 1. The number of nitrogens with two attached hydrogens (primary N) is 1. The first-order valence-electron chi connectivity index (χ1n) is 6.69. The summed E-state index contributed by atoms with van der Waals surface area (Å²) in [4.78, 5) is 7.66. The highest BCUT2D eigenvalue weighted by Crippen LogP contribution is 2.15. The zero-order chi connectivity index (χ0) is 16.5. The van der Waals surface area contributed by atoms with Crippen LogP contribution in [0.15, 0.2) is 41.0 Å². The number of hydrogen-bond acceptors (Lipinski definition) is 3. The minimum Gasteiger partial charge on any atom is -0.497 e. The normalized spacial score (nSPS) is 12.4. The van der Waals surface area contributed by atoms with E-state index in [9.17, 15) is 0 Å². The van der Waals surface area contributed by atoms with Crippen LogP contribution in [-0.2, 0) is 0 Å². The lowest BCUT2D eigenvalue weighted by molar-refractivity contribution is 0.414. The number of ether oxygens (including phenoxy) is 1. The summed E-state index contributed by atoms with van der Waals surface area (Å²) in [6, 6.07) is 5.68. The molecule has 5 heteroatoms. The maximum Gasteiger partial charge on any atom is 0.120 e. The Bertz CT molecular complexity index is 678. The van der Waals surface area contributed by atoms with Crippen LogP contribution in [0.3, 0.4) is 0 Å². The summed E-state index contributed by atoms with van der Waals surface area (Å²) < 4.78 is 5.20. The van der Waals surface area contributed by atoms with Crippen molar-refractivity contribution in [2.24, 2.45) is 21.6 Å². The van der Waals surface area contributed by atoms with E-state index in [0.717, 1.165) is 16.9 Å². The Morgan fingerprint density at radius 3 is 2.82 bits per heavy atom. The number of hydrogen-bond donors (Lipinski definition) is 2. The van der Waals surface area contributed by atoms with Gasteiger partial charge in [0.1, 0.15) is 17.9 Å². The Labute approximate surface area is 131 Å². The maximum absolute atomic E-state index is 7.98. The predicted molar refractivity (Wildman–Crippen MR) is 91.8 cm³/mol. The smallest absolute Gasteiger partial charge is 0.120 e. The summed E-state index contributed by atoms with van der Waals surface area (Å²) >= 11 is 0. The number of benzene rings is 1. The van der Waals surface area contributed by atoms with Gasteiger partial charge in [-0.15, -0.1) is 0 Å². The molecule has 0 aliphatic heterocycles. The van der Waals surface area contributed by atoms with Gasteiger partial charge in [0.2, 0.25) is 0 Å². The van der Waals surface area contributed by atoms with Crippen LogP contribution in [0.5, 0.6) is 5.75 Å². The van der Waals surface area contributed by atoms with Crippen molar-refractivity contribution in [3.8, 4) is 17.6 Å². The zero-order valence-electron chi connectivity index (χ0n) is 13.1. The van der Waals surface area contributed by atoms with Crippen LogP contribution in [0, 0.1) is 30.1 Å². The van der Waals surface area contributed by atoms with Crippen molar-refractivity contribution in [2.45, 2.75) is 13.8 Å². The van der Waals surface area contributed by atoms with Gasteiger partial charge < -0.3 is 10.5 Å². The lowest BCUT2D eigenvalue weighted by Crippen LogP contribution is -2.27. The zero-order valence-corrected chi connectivity index (χ0v) is 13.1. The second kappa shape index (κ2) is 8.42. The molecule has 0 bridgehead atoms. The number of methoxy groups -OCH3 is 1. The lowest BCUT2D eigenvalue weighted by Gasteiger charge is -2.06.